The van der Waals surface area contributed by atoms with Gasteiger partial charge < -0.3 is 5.32 Å². The Morgan fingerprint density at radius 2 is 2.05 bits per heavy atom. The van der Waals surface area contributed by atoms with E-state index in [2.05, 4.69) is 16.2 Å². The van der Waals surface area contributed by atoms with E-state index >= 15 is 0 Å². The van der Waals surface area contributed by atoms with Crippen molar-refractivity contribution < 1.29 is 9.59 Å². The molecule has 0 atom stereocenters. The van der Waals surface area contributed by atoms with E-state index in [1.165, 1.54) is 0 Å². The number of benzene rings is 1. The number of hydrogen-bond acceptors (Lipinski definition) is 3. The Morgan fingerprint density at radius 1 is 1.32 bits per heavy atom. The molecule has 5 nitrogen and oxygen atoms in total. The van der Waals surface area contributed by atoms with Crippen LogP contribution >= 0.6 is 23.4 Å². The minimum atomic E-state index is -0.537. The molecule has 3 amide bonds. The lowest BCUT2D eigenvalue weighted by atomic mass is 10.2. The molecule has 3 N–H and O–H groups in total. The third-order valence-corrected chi connectivity index (χ3v) is 3.18. The summed E-state index contributed by atoms with van der Waals surface area (Å²) in [6.07, 6.45) is 2.29. The molecule has 104 valence electrons. The maximum Gasteiger partial charge on any atom is 0.337 e. The van der Waals surface area contributed by atoms with Gasteiger partial charge >= 0.3 is 6.03 Å². The molecule has 0 aliphatic rings. The van der Waals surface area contributed by atoms with Crippen molar-refractivity contribution in [1.29, 1.82) is 0 Å². The number of hydrazine groups is 1. The maximum atomic E-state index is 11.6. The largest absolute Gasteiger partial charge is 0.337 e. The number of carbonyl (C=O) groups is 2. The number of thioether (sulfide) groups is 1. The molecular formula is C12H16ClN3O2S. The molecule has 1 aromatic carbocycles. The summed E-state index contributed by atoms with van der Waals surface area (Å²) in [6, 6.07) is 4.90. The summed E-state index contributed by atoms with van der Waals surface area (Å²) in [7, 11) is 0. The molecular weight excluding hydrogens is 286 g/mol. The van der Waals surface area contributed by atoms with Crippen LogP contribution in [0.25, 0.3) is 0 Å². The van der Waals surface area contributed by atoms with Crippen molar-refractivity contribution in [3.63, 3.8) is 0 Å². The maximum absolute atomic E-state index is 11.6. The number of anilines is 1. The van der Waals surface area contributed by atoms with E-state index in [9.17, 15) is 9.59 Å². The van der Waals surface area contributed by atoms with E-state index in [4.69, 9.17) is 11.6 Å². The van der Waals surface area contributed by atoms with Crippen molar-refractivity contribution in [1.82, 2.24) is 10.9 Å². The van der Waals surface area contributed by atoms with Crippen LogP contribution in [0.15, 0.2) is 18.2 Å². The standard InChI is InChI=1S/C12H16ClN3O2S/c1-3-11(17)15-16-12(18)14-10-6-8(7-19-2)4-5-9(10)13/h4-6H,3,7H2,1-2H3,(H,15,17)(H2,14,16,18). The second-order valence-electron chi connectivity index (χ2n) is 3.73. The zero-order valence-electron chi connectivity index (χ0n) is 10.7. The Labute approximate surface area is 121 Å². The minimum absolute atomic E-state index is 0.266. The van der Waals surface area contributed by atoms with E-state index in [0.29, 0.717) is 17.1 Å². The number of carbonyl (C=O) groups excluding carboxylic acids is 2. The molecule has 7 heteroatoms. The van der Waals surface area contributed by atoms with Gasteiger partial charge in [0, 0.05) is 12.2 Å². The number of hydrogen-bond donors (Lipinski definition) is 3. The molecule has 0 unspecified atom stereocenters. The summed E-state index contributed by atoms with van der Waals surface area (Å²) in [5, 5.41) is 3.03. The van der Waals surface area contributed by atoms with Crippen LogP contribution in [0.4, 0.5) is 10.5 Å². The second kappa shape index (κ2) is 7.91. The van der Waals surface area contributed by atoms with Crippen molar-refractivity contribution in [2.75, 3.05) is 11.6 Å². The fourth-order valence-electron chi connectivity index (χ4n) is 1.29. The molecule has 0 aliphatic heterocycles. The van der Waals surface area contributed by atoms with E-state index in [1.54, 1.807) is 30.8 Å². The second-order valence-corrected chi connectivity index (χ2v) is 5.00. The highest BCUT2D eigenvalue weighted by molar-refractivity contribution is 7.97. The van der Waals surface area contributed by atoms with Crippen LogP contribution < -0.4 is 16.2 Å². The highest BCUT2D eigenvalue weighted by atomic mass is 35.5. The van der Waals surface area contributed by atoms with Crippen LogP contribution in [-0.4, -0.2) is 18.2 Å². The molecule has 0 aliphatic carbocycles. The molecule has 0 heterocycles. The molecule has 19 heavy (non-hydrogen) atoms. The van der Waals surface area contributed by atoms with Crippen LogP contribution in [0.3, 0.4) is 0 Å². The van der Waals surface area contributed by atoms with Crippen molar-refractivity contribution in [3.8, 4) is 0 Å². The van der Waals surface area contributed by atoms with Gasteiger partial charge in [-0.1, -0.05) is 24.6 Å². The Kier molecular flexibility index (Phi) is 6.52. The van der Waals surface area contributed by atoms with Crippen molar-refractivity contribution in [3.05, 3.63) is 28.8 Å². The first kappa shape index (κ1) is 15.7. The average molecular weight is 302 g/mol. The van der Waals surface area contributed by atoms with Crippen LogP contribution in [-0.2, 0) is 10.5 Å². The Balaban J connectivity index is 2.62. The highest BCUT2D eigenvalue weighted by Gasteiger charge is 2.07. The van der Waals surface area contributed by atoms with Crippen molar-refractivity contribution in [2.24, 2.45) is 0 Å². The zero-order valence-corrected chi connectivity index (χ0v) is 12.3. The minimum Gasteiger partial charge on any atom is -0.305 e. The van der Waals surface area contributed by atoms with Crippen molar-refractivity contribution in [2.45, 2.75) is 19.1 Å². The molecule has 0 radical (unpaired) electrons. The summed E-state index contributed by atoms with van der Waals surface area (Å²) in [5.41, 5.74) is 6.08. The summed E-state index contributed by atoms with van der Waals surface area (Å²) >= 11 is 7.67. The van der Waals surface area contributed by atoms with Crippen LogP contribution in [0.5, 0.6) is 0 Å². The fraction of sp³-hybridized carbons (Fsp3) is 0.333. The van der Waals surface area contributed by atoms with Gasteiger partial charge in [0.2, 0.25) is 5.91 Å². The third-order valence-electron chi connectivity index (χ3n) is 2.23. The number of urea groups is 1. The fourth-order valence-corrected chi connectivity index (χ4v) is 1.97. The monoisotopic (exact) mass is 301 g/mol. The lowest BCUT2D eigenvalue weighted by Crippen LogP contribution is -2.43. The van der Waals surface area contributed by atoms with Gasteiger partial charge in [-0.2, -0.15) is 11.8 Å². The first-order valence-corrected chi connectivity index (χ1v) is 7.47. The molecule has 0 saturated carbocycles. The lowest BCUT2D eigenvalue weighted by molar-refractivity contribution is -0.121. The van der Waals surface area contributed by atoms with Crippen LogP contribution in [0.1, 0.15) is 18.9 Å². The predicted molar refractivity (Wildman–Crippen MR) is 79.3 cm³/mol. The number of nitrogens with one attached hydrogen (secondary N) is 3. The van der Waals surface area contributed by atoms with Gasteiger partial charge in [0.15, 0.2) is 0 Å². The first-order valence-electron chi connectivity index (χ1n) is 5.70. The quantitative estimate of drug-likeness (QED) is 0.749. The van der Waals surface area contributed by atoms with Crippen LogP contribution in [0, 0.1) is 0 Å². The van der Waals surface area contributed by atoms with Gasteiger partial charge in [0.05, 0.1) is 10.7 Å². The summed E-state index contributed by atoms with van der Waals surface area (Å²) in [4.78, 5) is 22.5. The van der Waals surface area contributed by atoms with Gasteiger partial charge in [-0.05, 0) is 24.0 Å². The summed E-state index contributed by atoms with van der Waals surface area (Å²) in [6.45, 7) is 1.69. The Morgan fingerprint density at radius 3 is 2.68 bits per heavy atom. The first-order chi connectivity index (χ1) is 9.06. The molecule has 0 aromatic heterocycles. The zero-order chi connectivity index (χ0) is 14.3. The summed E-state index contributed by atoms with van der Waals surface area (Å²) < 4.78 is 0. The molecule has 1 rings (SSSR count). The molecule has 0 bridgehead atoms. The molecule has 0 spiro atoms. The third kappa shape index (κ3) is 5.40. The number of amides is 3. The smallest absolute Gasteiger partial charge is 0.305 e. The van der Waals surface area contributed by atoms with Gasteiger partial charge in [-0.3, -0.25) is 10.2 Å². The van der Waals surface area contributed by atoms with Gasteiger partial charge in [0.25, 0.3) is 0 Å². The molecule has 1 aromatic rings. The van der Waals surface area contributed by atoms with Gasteiger partial charge in [-0.15, -0.1) is 0 Å². The number of halogens is 1. The van der Waals surface area contributed by atoms with Crippen LogP contribution in [0.2, 0.25) is 5.02 Å². The van der Waals surface area contributed by atoms with Gasteiger partial charge in [-0.25, -0.2) is 10.2 Å². The normalized spacial score (nSPS) is 9.84. The lowest BCUT2D eigenvalue weighted by Gasteiger charge is -2.10. The van der Waals surface area contributed by atoms with E-state index in [1.807, 2.05) is 12.3 Å². The van der Waals surface area contributed by atoms with Gasteiger partial charge in [0.1, 0.15) is 0 Å². The van der Waals surface area contributed by atoms with E-state index in [-0.39, 0.29) is 5.91 Å². The van der Waals surface area contributed by atoms with E-state index < -0.39 is 6.03 Å². The Hall–Kier alpha value is -1.40. The Bertz CT molecular complexity index is 468. The topological polar surface area (TPSA) is 70.2 Å². The highest BCUT2D eigenvalue weighted by Crippen LogP contribution is 2.24. The van der Waals surface area contributed by atoms with E-state index in [0.717, 1.165) is 11.3 Å². The molecule has 0 fully saturated rings. The SMILES string of the molecule is CCC(=O)NNC(=O)Nc1cc(CSC)ccc1Cl. The molecule has 0 saturated heterocycles. The summed E-state index contributed by atoms with van der Waals surface area (Å²) in [5.74, 6) is 0.567. The predicted octanol–water partition coefficient (Wildman–Crippen LogP) is 2.77. The average Bonchev–Trinajstić information content (AvgIpc) is 2.40. The van der Waals surface area contributed by atoms with Crippen molar-refractivity contribution >= 4 is 41.0 Å². The number of rotatable bonds is 4.